The van der Waals surface area contributed by atoms with Gasteiger partial charge in [-0.05, 0) is 35.9 Å². The second-order valence-electron chi connectivity index (χ2n) is 6.55. The molecule has 2 aliphatic rings. The number of phenols is 1. The molecule has 130 valence electrons. The first kappa shape index (κ1) is 19.1. The zero-order chi connectivity index (χ0) is 15.1. The van der Waals surface area contributed by atoms with Crippen molar-refractivity contribution in [2.45, 2.75) is 12.0 Å². The number of fused-ring (bicyclic) bond motifs is 3. The van der Waals surface area contributed by atoms with Crippen LogP contribution in [0.5, 0.6) is 5.75 Å². The van der Waals surface area contributed by atoms with Crippen LogP contribution < -0.4 is 0 Å². The van der Waals surface area contributed by atoms with Gasteiger partial charge >= 0.3 is 0 Å². The number of benzene rings is 2. The van der Waals surface area contributed by atoms with Gasteiger partial charge in [0, 0.05) is 38.1 Å². The normalized spacial score (nSPS) is 23.4. The van der Waals surface area contributed by atoms with Gasteiger partial charge in [0.25, 0.3) is 0 Å². The molecule has 0 unspecified atom stereocenters. The molecule has 0 spiro atoms. The Bertz CT molecular complexity index is 680. The van der Waals surface area contributed by atoms with Gasteiger partial charge in [0.15, 0.2) is 0 Å². The Hall–Kier alpha value is -1.26. The van der Waals surface area contributed by atoms with Crippen LogP contribution in [0.3, 0.4) is 0 Å². The predicted octanol–water partition coefficient (Wildman–Crippen LogP) is 3.67. The molecule has 0 aromatic heterocycles. The predicted molar refractivity (Wildman–Crippen MR) is 103 cm³/mol. The average molecular weight is 367 g/mol. The second-order valence-corrected chi connectivity index (χ2v) is 6.55. The Labute approximate surface area is 156 Å². The Morgan fingerprint density at radius 2 is 1.67 bits per heavy atom. The lowest BCUT2D eigenvalue weighted by atomic mass is 9.80. The number of hydrogen-bond donors (Lipinski definition) is 1. The van der Waals surface area contributed by atoms with Crippen molar-refractivity contribution in [3.8, 4) is 5.75 Å². The first-order valence-electron chi connectivity index (χ1n) is 8.03. The SMILES string of the molecule is CN1CCN2C[C@@H](c3ccccc3)c3ccc(O)cc3[C@@H]2C1.Cl.Cl. The van der Waals surface area contributed by atoms with Gasteiger partial charge in [-0.2, -0.15) is 0 Å². The summed E-state index contributed by atoms with van der Waals surface area (Å²) in [5.74, 6) is 0.775. The minimum atomic E-state index is 0. The zero-order valence-corrected chi connectivity index (χ0v) is 15.4. The zero-order valence-electron chi connectivity index (χ0n) is 13.8. The highest BCUT2D eigenvalue weighted by Gasteiger charge is 2.36. The molecule has 0 bridgehead atoms. The van der Waals surface area contributed by atoms with Gasteiger partial charge in [0.05, 0.1) is 0 Å². The molecule has 2 atom stereocenters. The molecule has 4 rings (SSSR count). The van der Waals surface area contributed by atoms with E-state index in [2.05, 4.69) is 53.2 Å². The fourth-order valence-electron chi connectivity index (χ4n) is 3.94. The highest BCUT2D eigenvalue weighted by molar-refractivity contribution is 5.85. The molecule has 0 saturated carbocycles. The summed E-state index contributed by atoms with van der Waals surface area (Å²) in [6, 6.07) is 17.1. The van der Waals surface area contributed by atoms with E-state index in [1.54, 1.807) is 0 Å². The van der Waals surface area contributed by atoms with Crippen molar-refractivity contribution in [2.75, 3.05) is 33.2 Å². The number of halogens is 2. The molecule has 0 amide bonds. The molecule has 0 radical (unpaired) electrons. The maximum absolute atomic E-state index is 9.97. The summed E-state index contributed by atoms with van der Waals surface area (Å²) in [6.45, 7) is 4.32. The molecule has 2 aromatic rings. The topological polar surface area (TPSA) is 26.7 Å². The van der Waals surface area contributed by atoms with Gasteiger partial charge in [-0.25, -0.2) is 0 Å². The van der Waals surface area contributed by atoms with Gasteiger partial charge in [0.2, 0.25) is 0 Å². The van der Waals surface area contributed by atoms with Crippen LogP contribution in [0.4, 0.5) is 0 Å². The van der Waals surface area contributed by atoms with Crippen LogP contribution in [-0.2, 0) is 0 Å². The third kappa shape index (κ3) is 3.40. The lowest BCUT2D eigenvalue weighted by Gasteiger charge is -2.46. The summed E-state index contributed by atoms with van der Waals surface area (Å²) in [7, 11) is 2.18. The summed E-state index contributed by atoms with van der Waals surface area (Å²) in [5.41, 5.74) is 4.04. The van der Waals surface area contributed by atoms with E-state index in [0.717, 1.165) is 26.2 Å². The third-order valence-electron chi connectivity index (χ3n) is 5.12. The lowest BCUT2D eigenvalue weighted by molar-refractivity contribution is 0.0771. The van der Waals surface area contributed by atoms with E-state index in [1.807, 2.05) is 12.1 Å². The van der Waals surface area contributed by atoms with Gasteiger partial charge in [-0.1, -0.05) is 36.4 Å². The third-order valence-corrected chi connectivity index (χ3v) is 5.12. The van der Waals surface area contributed by atoms with Gasteiger partial charge in [0.1, 0.15) is 5.75 Å². The maximum atomic E-state index is 9.97. The van der Waals surface area contributed by atoms with E-state index in [4.69, 9.17) is 0 Å². The van der Waals surface area contributed by atoms with E-state index in [9.17, 15) is 5.11 Å². The fourth-order valence-corrected chi connectivity index (χ4v) is 3.94. The summed E-state index contributed by atoms with van der Waals surface area (Å²) in [6.07, 6.45) is 0. The molecule has 2 heterocycles. The molecule has 1 saturated heterocycles. The van der Waals surface area contributed by atoms with Crippen molar-refractivity contribution >= 4 is 24.8 Å². The van der Waals surface area contributed by atoms with E-state index >= 15 is 0 Å². The minimum absolute atomic E-state index is 0. The molecule has 2 aliphatic heterocycles. The number of likely N-dealkylation sites (N-methyl/N-ethyl adjacent to an activating group) is 1. The smallest absolute Gasteiger partial charge is 0.115 e. The maximum Gasteiger partial charge on any atom is 0.115 e. The van der Waals surface area contributed by atoms with E-state index in [0.29, 0.717) is 17.7 Å². The standard InChI is InChI=1S/C19H22N2O.2ClH/c1-20-9-10-21-12-18(14-5-3-2-4-6-14)16-8-7-15(22)11-17(16)19(21)13-20;;/h2-8,11,18-19,22H,9-10,12-13H2,1H3;2*1H/t18-,19-;;/m0../s1. The molecule has 2 aromatic carbocycles. The van der Waals surface area contributed by atoms with Crippen molar-refractivity contribution in [3.05, 3.63) is 65.2 Å². The number of piperazine rings is 1. The van der Waals surface area contributed by atoms with Gasteiger partial charge < -0.3 is 10.0 Å². The van der Waals surface area contributed by atoms with Crippen LogP contribution in [0.25, 0.3) is 0 Å². The monoisotopic (exact) mass is 366 g/mol. The van der Waals surface area contributed by atoms with Gasteiger partial charge in [-0.3, -0.25) is 4.90 Å². The van der Waals surface area contributed by atoms with Crippen LogP contribution in [0.15, 0.2) is 48.5 Å². The van der Waals surface area contributed by atoms with Crippen molar-refractivity contribution in [1.82, 2.24) is 9.80 Å². The van der Waals surface area contributed by atoms with Crippen LogP contribution >= 0.6 is 24.8 Å². The molecular weight excluding hydrogens is 343 g/mol. The first-order chi connectivity index (χ1) is 10.7. The molecule has 1 N–H and O–H groups in total. The van der Waals surface area contributed by atoms with E-state index < -0.39 is 0 Å². The number of aromatic hydroxyl groups is 1. The molecule has 3 nitrogen and oxygen atoms in total. The number of rotatable bonds is 1. The molecule has 0 aliphatic carbocycles. The van der Waals surface area contributed by atoms with Crippen molar-refractivity contribution in [3.63, 3.8) is 0 Å². The molecule has 24 heavy (non-hydrogen) atoms. The van der Waals surface area contributed by atoms with E-state index in [1.165, 1.54) is 16.7 Å². The Morgan fingerprint density at radius 1 is 0.917 bits per heavy atom. The average Bonchev–Trinajstić information content (AvgIpc) is 2.55. The Morgan fingerprint density at radius 3 is 2.42 bits per heavy atom. The van der Waals surface area contributed by atoms with Crippen molar-refractivity contribution in [1.29, 1.82) is 0 Å². The highest BCUT2D eigenvalue weighted by atomic mass is 35.5. The molecular formula is C19H24Cl2N2O. The minimum Gasteiger partial charge on any atom is -0.508 e. The van der Waals surface area contributed by atoms with E-state index in [-0.39, 0.29) is 24.8 Å². The molecule has 5 heteroatoms. The summed E-state index contributed by atoms with van der Waals surface area (Å²) < 4.78 is 0. The number of nitrogens with zero attached hydrogens (tertiary/aromatic N) is 2. The highest BCUT2D eigenvalue weighted by Crippen LogP contribution is 2.41. The van der Waals surface area contributed by atoms with Crippen molar-refractivity contribution < 1.29 is 5.11 Å². The van der Waals surface area contributed by atoms with Crippen LogP contribution in [-0.4, -0.2) is 48.1 Å². The van der Waals surface area contributed by atoms with Crippen LogP contribution in [0.2, 0.25) is 0 Å². The van der Waals surface area contributed by atoms with Crippen LogP contribution in [0.1, 0.15) is 28.7 Å². The fraction of sp³-hybridized carbons (Fsp3) is 0.368. The molecule has 1 fully saturated rings. The summed E-state index contributed by atoms with van der Waals surface area (Å²) in [4.78, 5) is 4.97. The lowest BCUT2D eigenvalue weighted by Crippen LogP contribution is -2.50. The van der Waals surface area contributed by atoms with Crippen LogP contribution in [0, 0.1) is 0 Å². The number of hydrogen-bond acceptors (Lipinski definition) is 3. The van der Waals surface area contributed by atoms with Gasteiger partial charge in [-0.15, -0.1) is 24.8 Å². The Balaban J connectivity index is 0.00000104. The number of phenolic OH excluding ortho intramolecular Hbond substituents is 1. The first-order valence-corrected chi connectivity index (χ1v) is 8.03. The largest absolute Gasteiger partial charge is 0.508 e. The Kier molecular flexibility index (Phi) is 6.16. The quantitative estimate of drug-likeness (QED) is 0.833. The second kappa shape index (κ2) is 7.75. The summed E-state index contributed by atoms with van der Waals surface area (Å²) >= 11 is 0. The van der Waals surface area contributed by atoms with Crippen molar-refractivity contribution in [2.24, 2.45) is 0 Å². The summed E-state index contributed by atoms with van der Waals surface area (Å²) in [5, 5.41) is 9.97.